The van der Waals surface area contributed by atoms with Gasteiger partial charge in [-0.1, -0.05) is 12.1 Å². The van der Waals surface area contributed by atoms with E-state index in [-0.39, 0.29) is 23.8 Å². The molecule has 0 aliphatic heterocycles. The molecule has 5 rings (SSSR count). The maximum atomic E-state index is 13.6. The van der Waals surface area contributed by atoms with Gasteiger partial charge in [0.25, 0.3) is 5.95 Å². The smallest absolute Gasteiger partial charge is 0.416 e. The van der Waals surface area contributed by atoms with Gasteiger partial charge >= 0.3 is 12.3 Å². The predicted octanol–water partition coefficient (Wildman–Crippen LogP) is 6.63. The Bertz CT molecular complexity index is 1770. The van der Waals surface area contributed by atoms with Crippen LogP contribution in [0.25, 0.3) is 33.7 Å². The van der Waals surface area contributed by atoms with E-state index in [1.807, 2.05) is 0 Å². The number of carbonyl (C=O) groups is 1. The molecule has 0 unspecified atom stereocenters. The summed E-state index contributed by atoms with van der Waals surface area (Å²) in [5.74, 6) is 0.229. The molecule has 1 amide bonds. The van der Waals surface area contributed by atoms with Crippen LogP contribution in [0.2, 0.25) is 0 Å². The molecule has 9 nitrogen and oxygen atoms in total. The first-order valence-corrected chi connectivity index (χ1v) is 12.9. The number of amides is 1. The normalized spacial score (nSPS) is 11.4. The third kappa shape index (κ3) is 5.71. The summed E-state index contributed by atoms with van der Waals surface area (Å²) in [6.45, 7) is 1.87. The van der Waals surface area contributed by atoms with Gasteiger partial charge < -0.3 is 4.74 Å². The minimum atomic E-state index is -4.56. The number of ether oxygens (including phenoxy) is 1. The maximum absolute atomic E-state index is 13.6. The van der Waals surface area contributed by atoms with Crippen LogP contribution in [0, 0.1) is 18.3 Å². The van der Waals surface area contributed by atoms with Crippen LogP contribution in [0.5, 0.6) is 0 Å². The van der Waals surface area contributed by atoms with E-state index in [1.165, 1.54) is 10.6 Å². The highest BCUT2D eigenvalue weighted by atomic mass is 35.5. The van der Waals surface area contributed by atoms with Crippen LogP contribution in [0.3, 0.4) is 0 Å². The summed E-state index contributed by atoms with van der Waals surface area (Å²) in [4.78, 5) is 16.6. The van der Waals surface area contributed by atoms with Crippen LogP contribution >= 0.6 is 11.6 Å². The van der Waals surface area contributed by atoms with Crippen molar-refractivity contribution in [1.29, 1.82) is 5.26 Å². The molecule has 0 saturated carbocycles. The van der Waals surface area contributed by atoms with E-state index in [0.717, 1.165) is 12.1 Å². The van der Waals surface area contributed by atoms with Gasteiger partial charge in [0.15, 0.2) is 5.65 Å². The average Bonchev–Trinajstić information content (AvgIpc) is 3.59. The highest BCUT2D eigenvalue weighted by molar-refractivity contribution is 6.17. The second-order valence-corrected chi connectivity index (χ2v) is 9.29. The van der Waals surface area contributed by atoms with Crippen LogP contribution in [0.1, 0.15) is 23.1 Å². The predicted molar refractivity (Wildman–Crippen MR) is 146 cm³/mol. The quantitative estimate of drug-likeness (QED) is 0.171. The molecule has 3 aromatic heterocycles. The third-order valence-electron chi connectivity index (χ3n) is 6.25. The molecule has 0 radical (unpaired) electrons. The second kappa shape index (κ2) is 11.3. The van der Waals surface area contributed by atoms with Gasteiger partial charge in [0.2, 0.25) is 0 Å². The van der Waals surface area contributed by atoms with Gasteiger partial charge in [0.05, 0.1) is 41.4 Å². The topological polar surface area (TPSA) is 110 Å². The summed E-state index contributed by atoms with van der Waals surface area (Å²) in [6, 6.07) is 15.6. The number of benzene rings is 2. The molecule has 5 aromatic rings. The monoisotopic (exact) mass is 579 g/mol. The first-order valence-electron chi connectivity index (χ1n) is 12.3. The Kier molecular flexibility index (Phi) is 7.63. The lowest BCUT2D eigenvalue weighted by Crippen LogP contribution is -2.15. The number of hydrogen-bond donors (Lipinski definition) is 1. The Morgan fingerprint density at radius 1 is 1.17 bits per heavy atom. The molecule has 2 aromatic carbocycles. The van der Waals surface area contributed by atoms with Crippen LogP contribution < -0.4 is 5.32 Å². The standard InChI is InChI=1S/C28H21ClF3N7O2/c1-17-22(23-10-12-34-39(23)21-8-6-18(15-33)7-9-21)16-38-25(35-26(37-38)36-27(40)41-13-3-11-29)24(17)19-4-2-5-20(14-19)28(30,31)32/h2,4-10,12,14,16H,3,11,13H2,1H3,(H,36,37,40). The molecule has 0 aliphatic carbocycles. The fraction of sp³-hybridized carbons (Fsp3) is 0.179. The number of nitrogens with one attached hydrogen (secondary N) is 1. The van der Waals surface area contributed by atoms with Crippen molar-refractivity contribution < 1.29 is 22.7 Å². The fourth-order valence-electron chi connectivity index (χ4n) is 4.35. The van der Waals surface area contributed by atoms with E-state index in [9.17, 15) is 18.0 Å². The first-order chi connectivity index (χ1) is 19.7. The molecule has 1 N–H and O–H groups in total. The Hall–Kier alpha value is -4.89. The van der Waals surface area contributed by atoms with Crippen LogP contribution in [0.15, 0.2) is 67.0 Å². The number of carbonyl (C=O) groups excluding carboxylic acids is 1. The number of nitriles is 1. The highest BCUT2D eigenvalue weighted by Gasteiger charge is 2.31. The van der Waals surface area contributed by atoms with Gasteiger partial charge in [-0.25, -0.2) is 14.0 Å². The minimum absolute atomic E-state index is 0.0914. The number of rotatable bonds is 7. The van der Waals surface area contributed by atoms with Crippen molar-refractivity contribution in [2.45, 2.75) is 19.5 Å². The molecule has 0 bridgehead atoms. The Labute approximate surface area is 236 Å². The van der Waals surface area contributed by atoms with E-state index in [1.54, 1.807) is 60.4 Å². The molecule has 13 heteroatoms. The molecule has 41 heavy (non-hydrogen) atoms. The van der Waals surface area contributed by atoms with Gasteiger partial charge in [0, 0.05) is 23.2 Å². The third-order valence-corrected chi connectivity index (χ3v) is 6.52. The lowest BCUT2D eigenvalue weighted by atomic mass is 9.95. The summed E-state index contributed by atoms with van der Waals surface area (Å²) >= 11 is 5.62. The molecular formula is C28H21ClF3N7O2. The van der Waals surface area contributed by atoms with Crippen molar-refractivity contribution in [2.75, 3.05) is 17.8 Å². The zero-order chi connectivity index (χ0) is 29.1. The fourth-order valence-corrected chi connectivity index (χ4v) is 4.46. The zero-order valence-electron chi connectivity index (χ0n) is 21.5. The van der Waals surface area contributed by atoms with Crippen molar-refractivity contribution in [3.63, 3.8) is 0 Å². The lowest BCUT2D eigenvalue weighted by Gasteiger charge is -2.16. The van der Waals surface area contributed by atoms with E-state index in [0.29, 0.717) is 45.9 Å². The number of halogens is 4. The molecule has 3 heterocycles. The Morgan fingerprint density at radius 3 is 2.66 bits per heavy atom. The minimum Gasteiger partial charge on any atom is -0.449 e. The molecular weight excluding hydrogens is 559 g/mol. The van der Waals surface area contributed by atoms with Crippen molar-refractivity contribution in [1.82, 2.24) is 24.4 Å². The average molecular weight is 580 g/mol. The maximum Gasteiger partial charge on any atom is 0.416 e. The van der Waals surface area contributed by atoms with Gasteiger partial charge in [-0.05, 0) is 66.9 Å². The number of hydrogen-bond acceptors (Lipinski definition) is 6. The Balaban J connectivity index is 1.68. The molecule has 0 aliphatic rings. The van der Waals surface area contributed by atoms with Crippen LogP contribution in [-0.2, 0) is 10.9 Å². The number of aromatic nitrogens is 5. The Morgan fingerprint density at radius 2 is 1.95 bits per heavy atom. The van der Waals surface area contributed by atoms with Gasteiger partial charge in [0.1, 0.15) is 0 Å². The summed E-state index contributed by atoms with van der Waals surface area (Å²) in [5.41, 5.74) is 3.04. The SMILES string of the molecule is Cc1c(-c2ccnn2-c2ccc(C#N)cc2)cn2nc(NC(=O)OCCCCl)nc2c1-c1cccc(C(F)(F)F)c1. The highest BCUT2D eigenvalue weighted by Crippen LogP contribution is 2.38. The number of nitrogens with zero attached hydrogens (tertiary/aromatic N) is 6. The van der Waals surface area contributed by atoms with Crippen molar-refractivity contribution in [3.05, 3.63) is 83.7 Å². The van der Waals surface area contributed by atoms with Crippen molar-refractivity contribution in [3.8, 4) is 34.1 Å². The largest absolute Gasteiger partial charge is 0.449 e. The van der Waals surface area contributed by atoms with E-state index in [2.05, 4.69) is 26.6 Å². The lowest BCUT2D eigenvalue weighted by molar-refractivity contribution is -0.137. The first kappa shape index (κ1) is 27.7. The summed E-state index contributed by atoms with van der Waals surface area (Å²) < 4.78 is 49.0. The molecule has 0 spiro atoms. The van der Waals surface area contributed by atoms with Crippen molar-refractivity contribution >= 4 is 29.3 Å². The van der Waals surface area contributed by atoms with Gasteiger partial charge in [-0.3, -0.25) is 5.32 Å². The number of anilines is 1. The summed E-state index contributed by atoms with van der Waals surface area (Å²) in [6.07, 6.45) is -1.63. The van der Waals surface area contributed by atoms with Crippen molar-refractivity contribution in [2.24, 2.45) is 0 Å². The van der Waals surface area contributed by atoms with E-state index in [4.69, 9.17) is 21.6 Å². The van der Waals surface area contributed by atoms with Gasteiger partial charge in [-0.15, -0.1) is 16.7 Å². The summed E-state index contributed by atoms with van der Waals surface area (Å²) in [5, 5.41) is 20.4. The molecule has 0 saturated heterocycles. The summed E-state index contributed by atoms with van der Waals surface area (Å²) in [7, 11) is 0. The molecule has 0 atom stereocenters. The van der Waals surface area contributed by atoms with Crippen LogP contribution in [-0.4, -0.2) is 43.0 Å². The zero-order valence-corrected chi connectivity index (χ0v) is 22.2. The number of pyridine rings is 1. The van der Waals surface area contributed by atoms with Gasteiger partial charge in [-0.2, -0.15) is 28.5 Å². The molecule has 208 valence electrons. The number of alkyl halides is 4. The van der Waals surface area contributed by atoms with E-state index >= 15 is 0 Å². The van der Waals surface area contributed by atoms with E-state index < -0.39 is 17.8 Å². The molecule has 0 fully saturated rings. The number of fused-ring (bicyclic) bond motifs is 1. The van der Waals surface area contributed by atoms with Crippen LogP contribution in [0.4, 0.5) is 23.9 Å². The second-order valence-electron chi connectivity index (χ2n) is 8.92.